The van der Waals surface area contributed by atoms with Crippen molar-refractivity contribution in [2.75, 3.05) is 6.54 Å². The lowest BCUT2D eigenvalue weighted by atomic mass is 9.74. The highest BCUT2D eigenvalue weighted by Gasteiger charge is 2.49. The van der Waals surface area contributed by atoms with Gasteiger partial charge in [-0.1, -0.05) is 0 Å². The third-order valence-electron chi connectivity index (χ3n) is 4.30. The molecule has 1 aromatic rings. The molecular formula is C12H17N3O4S. The van der Waals surface area contributed by atoms with E-state index in [0.717, 1.165) is 6.42 Å². The number of rotatable bonds is 3. The van der Waals surface area contributed by atoms with Crippen LogP contribution in [0.2, 0.25) is 0 Å². The molecule has 2 saturated heterocycles. The zero-order valence-electron chi connectivity index (χ0n) is 11.1. The van der Waals surface area contributed by atoms with Gasteiger partial charge in [0.15, 0.2) is 5.03 Å². The number of aryl methyl sites for hydroxylation is 1. The summed E-state index contributed by atoms with van der Waals surface area (Å²) in [5, 5.41) is 9.27. The topological polar surface area (TPSA) is 92.5 Å². The van der Waals surface area contributed by atoms with E-state index >= 15 is 0 Å². The summed E-state index contributed by atoms with van der Waals surface area (Å²) in [6, 6.07) is -0.440. The van der Waals surface area contributed by atoms with Crippen molar-refractivity contribution in [1.82, 2.24) is 13.9 Å². The number of carboxylic acids is 1. The number of fused-ring (bicyclic) bond motifs is 3. The summed E-state index contributed by atoms with van der Waals surface area (Å²) in [4.78, 5) is 15.2. The first-order valence-corrected chi connectivity index (χ1v) is 8.06. The van der Waals surface area contributed by atoms with E-state index < -0.39 is 28.0 Å². The van der Waals surface area contributed by atoms with Gasteiger partial charge in [-0.3, -0.25) is 4.79 Å². The molecule has 1 aliphatic carbocycles. The smallest absolute Gasteiger partial charge is 0.308 e. The number of nitrogens with zero attached hydrogens (tertiary/aromatic N) is 3. The zero-order valence-corrected chi connectivity index (χ0v) is 12.0. The molecule has 1 N–H and O–H groups in total. The summed E-state index contributed by atoms with van der Waals surface area (Å²) in [6.45, 7) is 0.410. The largest absolute Gasteiger partial charge is 0.481 e. The molecule has 1 aromatic heterocycles. The third-order valence-corrected chi connectivity index (χ3v) is 6.08. The summed E-state index contributed by atoms with van der Waals surface area (Å²) in [5.41, 5.74) is 0. The fourth-order valence-corrected chi connectivity index (χ4v) is 5.06. The van der Waals surface area contributed by atoms with Crippen molar-refractivity contribution in [1.29, 1.82) is 0 Å². The molecule has 3 fully saturated rings. The van der Waals surface area contributed by atoms with E-state index in [4.69, 9.17) is 0 Å². The van der Waals surface area contributed by atoms with Gasteiger partial charge in [0.05, 0.1) is 12.2 Å². The lowest BCUT2D eigenvalue weighted by Gasteiger charge is -2.47. The lowest BCUT2D eigenvalue weighted by molar-refractivity contribution is -0.147. The van der Waals surface area contributed by atoms with Crippen LogP contribution in [0, 0.1) is 11.8 Å². The number of aromatic nitrogens is 2. The number of carbonyl (C=O) groups is 1. The monoisotopic (exact) mass is 299 g/mol. The highest BCUT2D eigenvalue weighted by atomic mass is 32.2. The SMILES string of the molecule is Cn1cnc(S(=O)(=O)N2C[C@H]3CC[C@@H]2[C@H](C(=O)O)C3)c1. The van der Waals surface area contributed by atoms with Crippen molar-refractivity contribution >= 4 is 16.0 Å². The van der Waals surface area contributed by atoms with Gasteiger partial charge in [-0.2, -0.15) is 4.31 Å². The molecule has 2 bridgehead atoms. The number of carboxylic acid groups (broad SMARTS) is 1. The Kier molecular flexibility index (Phi) is 3.09. The van der Waals surface area contributed by atoms with Gasteiger partial charge in [-0.15, -0.1) is 0 Å². The van der Waals surface area contributed by atoms with Gasteiger partial charge < -0.3 is 9.67 Å². The first-order chi connectivity index (χ1) is 9.39. The van der Waals surface area contributed by atoms with Crippen LogP contribution in [-0.2, 0) is 21.9 Å². The quantitative estimate of drug-likeness (QED) is 0.866. The molecule has 3 aliphatic rings. The number of sulfonamides is 1. The maximum atomic E-state index is 12.6. The van der Waals surface area contributed by atoms with E-state index in [0.29, 0.717) is 19.4 Å². The fraction of sp³-hybridized carbons (Fsp3) is 0.667. The van der Waals surface area contributed by atoms with E-state index in [9.17, 15) is 18.3 Å². The molecule has 0 radical (unpaired) electrons. The van der Waals surface area contributed by atoms with E-state index in [-0.39, 0.29) is 10.9 Å². The predicted octanol–water partition coefficient (Wildman–Crippen LogP) is 0.294. The van der Waals surface area contributed by atoms with Crippen molar-refractivity contribution in [2.45, 2.75) is 30.3 Å². The first-order valence-electron chi connectivity index (χ1n) is 6.62. The van der Waals surface area contributed by atoms with Crippen LogP contribution < -0.4 is 0 Å². The van der Waals surface area contributed by atoms with E-state index in [1.807, 2.05) is 0 Å². The minimum Gasteiger partial charge on any atom is -0.481 e. The molecule has 3 heterocycles. The lowest BCUT2D eigenvalue weighted by Crippen LogP contribution is -2.57. The molecule has 110 valence electrons. The van der Waals surface area contributed by atoms with Gasteiger partial charge in [0, 0.05) is 25.8 Å². The van der Waals surface area contributed by atoms with Crippen molar-refractivity contribution in [3.05, 3.63) is 12.5 Å². The predicted molar refractivity (Wildman–Crippen MR) is 69.4 cm³/mol. The van der Waals surface area contributed by atoms with E-state index in [1.165, 1.54) is 16.8 Å². The molecule has 0 aromatic carbocycles. The second kappa shape index (κ2) is 4.56. The van der Waals surface area contributed by atoms with Gasteiger partial charge in [-0.05, 0) is 25.2 Å². The second-order valence-electron chi connectivity index (χ2n) is 5.64. The van der Waals surface area contributed by atoms with Gasteiger partial charge in [0.2, 0.25) is 0 Å². The highest BCUT2D eigenvalue weighted by molar-refractivity contribution is 7.89. The Balaban J connectivity index is 1.96. The minimum absolute atomic E-state index is 0.00307. The Bertz CT molecular complexity index is 639. The van der Waals surface area contributed by atoms with Crippen LogP contribution in [0.4, 0.5) is 0 Å². The summed E-state index contributed by atoms with van der Waals surface area (Å²) in [7, 11) is -2.00. The molecule has 7 nitrogen and oxygen atoms in total. The molecule has 3 atom stereocenters. The fourth-order valence-electron chi connectivity index (χ4n) is 3.33. The number of hydrogen-bond acceptors (Lipinski definition) is 4. The standard InChI is InChI=1S/C12H17N3O4S/c1-14-6-11(13-7-14)20(18,19)15-5-8-2-3-10(15)9(4-8)12(16)17/h6-10H,2-5H2,1H3,(H,16,17)/t8-,9+,10+/m0/s1. The maximum Gasteiger partial charge on any atom is 0.308 e. The van der Waals surface area contributed by atoms with Gasteiger partial charge in [-0.25, -0.2) is 13.4 Å². The molecule has 8 heteroatoms. The van der Waals surface area contributed by atoms with Gasteiger partial charge in [0.1, 0.15) is 0 Å². The van der Waals surface area contributed by atoms with Crippen LogP contribution in [-0.4, -0.2) is 45.9 Å². The molecule has 2 aliphatic heterocycles. The zero-order chi connectivity index (χ0) is 14.5. The Hall–Kier alpha value is -1.41. The molecular weight excluding hydrogens is 282 g/mol. The van der Waals surface area contributed by atoms with Crippen LogP contribution in [0.5, 0.6) is 0 Å². The van der Waals surface area contributed by atoms with Crippen LogP contribution >= 0.6 is 0 Å². The molecule has 20 heavy (non-hydrogen) atoms. The Morgan fingerprint density at radius 1 is 1.45 bits per heavy atom. The highest BCUT2D eigenvalue weighted by Crippen LogP contribution is 2.41. The Morgan fingerprint density at radius 3 is 2.75 bits per heavy atom. The van der Waals surface area contributed by atoms with E-state index in [2.05, 4.69) is 4.98 Å². The summed E-state index contributed by atoms with van der Waals surface area (Å²) < 4.78 is 28.2. The first kappa shape index (κ1) is 13.6. The maximum absolute atomic E-state index is 12.6. The summed E-state index contributed by atoms with van der Waals surface area (Å²) >= 11 is 0. The Morgan fingerprint density at radius 2 is 2.20 bits per heavy atom. The molecule has 0 unspecified atom stereocenters. The molecule has 1 saturated carbocycles. The average Bonchev–Trinajstić information content (AvgIpc) is 2.86. The van der Waals surface area contributed by atoms with Crippen molar-refractivity contribution in [3.63, 3.8) is 0 Å². The van der Waals surface area contributed by atoms with Crippen LogP contribution in [0.25, 0.3) is 0 Å². The summed E-state index contributed by atoms with van der Waals surface area (Å²) in [5.74, 6) is -1.36. The Labute approximate surface area is 117 Å². The van der Waals surface area contributed by atoms with Crippen LogP contribution in [0.15, 0.2) is 17.6 Å². The van der Waals surface area contributed by atoms with Crippen molar-refractivity contribution < 1.29 is 18.3 Å². The van der Waals surface area contributed by atoms with Crippen molar-refractivity contribution in [2.24, 2.45) is 18.9 Å². The summed E-state index contributed by atoms with van der Waals surface area (Å²) in [6.07, 6.45) is 4.99. The second-order valence-corrected chi connectivity index (χ2v) is 7.48. The van der Waals surface area contributed by atoms with E-state index in [1.54, 1.807) is 11.6 Å². The number of aliphatic carboxylic acids is 1. The molecule has 0 spiro atoms. The third kappa shape index (κ3) is 2.03. The van der Waals surface area contributed by atoms with Crippen LogP contribution in [0.1, 0.15) is 19.3 Å². The number of piperidine rings is 2. The molecule has 4 rings (SSSR count). The van der Waals surface area contributed by atoms with Gasteiger partial charge in [0.25, 0.3) is 10.0 Å². The minimum atomic E-state index is -3.70. The molecule has 0 amide bonds. The number of imidazole rings is 1. The van der Waals surface area contributed by atoms with Gasteiger partial charge >= 0.3 is 5.97 Å². The normalized spacial score (nSPS) is 30.6. The van der Waals surface area contributed by atoms with Crippen LogP contribution in [0.3, 0.4) is 0 Å². The average molecular weight is 299 g/mol. The van der Waals surface area contributed by atoms with Crippen molar-refractivity contribution in [3.8, 4) is 0 Å². The number of hydrogen-bond donors (Lipinski definition) is 1.